The molecule has 0 aliphatic heterocycles. The third-order valence-corrected chi connectivity index (χ3v) is 14.8. The average molecular weight is 849 g/mol. The second-order valence-corrected chi connectivity index (χ2v) is 19.5. The van der Waals surface area contributed by atoms with E-state index >= 15 is 0 Å². The molecule has 8 atom stereocenters. The number of hydrogen-bond acceptors (Lipinski definition) is 7. The number of thiol groups is 1. The highest BCUT2D eigenvalue weighted by Crippen LogP contribution is 2.64. The average Bonchev–Trinajstić information content (AvgIpc) is 3.21. The van der Waals surface area contributed by atoms with Crippen LogP contribution >= 0.6 is 12.6 Å². The fourth-order valence-electron chi connectivity index (χ4n) is 11.2. The molecule has 336 valence electrons. The topological polar surface area (TPSA) is 188 Å². The highest BCUT2D eigenvalue weighted by Gasteiger charge is 2.55. The minimum absolute atomic E-state index is 0.0131. The van der Waals surface area contributed by atoms with Gasteiger partial charge < -0.3 is 32.6 Å². The predicted molar refractivity (Wildman–Crippen MR) is 252 cm³/mol. The number of fused-ring (bicyclic) bond motifs is 3. The molecule has 3 aliphatic rings. The summed E-state index contributed by atoms with van der Waals surface area (Å²) in [6, 6.07) is 6.46. The molecule has 8 unspecified atom stereocenters. The molecule has 11 nitrogen and oxygen atoms in total. The number of carbonyl (C=O) groups is 2. The van der Waals surface area contributed by atoms with Crippen LogP contribution in [0.15, 0.2) is 50.9 Å². The van der Waals surface area contributed by atoms with Gasteiger partial charge >= 0.3 is 5.97 Å². The summed E-state index contributed by atoms with van der Waals surface area (Å²) >= 11 is 4.43. The van der Waals surface area contributed by atoms with Crippen molar-refractivity contribution in [1.82, 2.24) is 4.90 Å². The Morgan fingerprint density at radius 3 is 2.18 bits per heavy atom. The van der Waals surface area contributed by atoms with Gasteiger partial charge in [0.25, 0.3) is 0 Å². The van der Waals surface area contributed by atoms with Crippen LogP contribution in [0.5, 0.6) is 0 Å². The van der Waals surface area contributed by atoms with Gasteiger partial charge in [0, 0.05) is 38.1 Å². The molecule has 0 spiro atoms. The molecule has 2 saturated carbocycles. The molecule has 3 aliphatic carbocycles. The standard InChI is InChI=1S/C48H80N8O3S/c1-7-38-19-20-39-40-21-18-37(34(4)13-8-12-33(2)3)30-47(40,5)24-22-41(39)48(38,6)23-9-29-59-44(58)36-16-14-35(15-17-36)31-55-42(32-60)43(57)56(27-10-25-53-45(49)50)28-11-26-54-46(51)52/h14-17,19,31,33-34,37,39-42,60H,7-13,18,20-30,32H2,1-6H3,(H4,49,50,53)(H4,51,52,54). The third kappa shape index (κ3) is 13.7. The first-order chi connectivity index (χ1) is 28.6. The SMILES string of the molecule is CCC1=CCC2C3CCC(C(C)CCCC(C)C)CC3(C)CCC2C1(C)CCCOC(=O)c1ccc(C=NC(CS)C(=O)N(CCCN=C(N)N)CCCN=C(N)N)cc1. The first-order valence-electron chi connectivity index (χ1n) is 23.1. The number of allylic oxidation sites excluding steroid dienone is 2. The highest BCUT2D eigenvalue weighted by molar-refractivity contribution is 7.80. The van der Waals surface area contributed by atoms with E-state index < -0.39 is 6.04 Å². The van der Waals surface area contributed by atoms with Crippen molar-refractivity contribution in [3.05, 3.63) is 47.0 Å². The number of nitrogens with zero attached hydrogens (tertiary/aromatic N) is 4. The van der Waals surface area contributed by atoms with Crippen LogP contribution in [-0.4, -0.2) is 79.5 Å². The maximum absolute atomic E-state index is 13.5. The normalized spacial score (nSPS) is 26.0. The molecule has 8 N–H and O–H groups in total. The Balaban J connectivity index is 1.30. The van der Waals surface area contributed by atoms with Crippen molar-refractivity contribution < 1.29 is 14.3 Å². The monoisotopic (exact) mass is 849 g/mol. The molecule has 0 bridgehead atoms. The van der Waals surface area contributed by atoms with Gasteiger partial charge in [-0.2, -0.15) is 12.6 Å². The minimum Gasteiger partial charge on any atom is -0.462 e. The van der Waals surface area contributed by atoms with Gasteiger partial charge in [-0.3, -0.25) is 19.8 Å². The number of hydrogen-bond donors (Lipinski definition) is 5. The molecule has 2 fully saturated rings. The fraction of sp³-hybridized carbons (Fsp3) is 0.729. The lowest BCUT2D eigenvalue weighted by atomic mass is 9.45. The van der Waals surface area contributed by atoms with Crippen molar-refractivity contribution in [3.8, 4) is 0 Å². The molecule has 60 heavy (non-hydrogen) atoms. The van der Waals surface area contributed by atoms with Gasteiger partial charge in [-0.05, 0) is 135 Å². The van der Waals surface area contributed by atoms with Gasteiger partial charge in [-0.25, -0.2) is 4.79 Å². The molecule has 0 aromatic heterocycles. The smallest absolute Gasteiger partial charge is 0.338 e. The first kappa shape index (κ1) is 49.1. The van der Waals surface area contributed by atoms with Crippen LogP contribution in [0.3, 0.4) is 0 Å². The van der Waals surface area contributed by atoms with Crippen molar-refractivity contribution in [2.45, 2.75) is 137 Å². The van der Waals surface area contributed by atoms with Crippen LogP contribution in [0.2, 0.25) is 0 Å². The van der Waals surface area contributed by atoms with E-state index in [9.17, 15) is 9.59 Å². The zero-order valence-corrected chi connectivity index (χ0v) is 38.8. The van der Waals surface area contributed by atoms with Crippen LogP contribution < -0.4 is 22.9 Å². The summed E-state index contributed by atoms with van der Waals surface area (Å²) in [4.78, 5) is 41.1. The summed E-state index contributed by atoms with van der Waals surface area (Å²) in [6.45, 7) is 16.8. The maximum Gasteiger partial charge on any atom is 0.338 e. The molecule has 1 aromatic carbocycles. The van der Waals surface area contributed by atoms with E-state index in [2.05, 4.69) is 75.2 Å². The van der Waals surface area contributed by atoms with E-state index in [-0.39, 0.29) is 35.0 Å². The van der Waals surface area contributed by atoms with Crippen LogP contribution in [0, 0.1) is 46.3 Å². The van der Waals surface area contributed by atoms with Gasteiger partial charge in [0.2, 0.25) is 5.91 Å². The van der Waals surface area contributed by atoms with Crippen LogP contribution in [0.1, 0.15) is 147 Å². The Kier molecular flexibility index (Phi) is 19.3. The zero-order chi connectivity index (χ0) is 43.9. The minimum atomic E-state index is -0.695. The van der Waals surface area contributed by atoms with Crippen molar-refractivity contribution in [2.24, 2.45) is 84.2 Å². The lowest BCUT2D eigenvalue weighted by molar-refractivity contribution is -0.132. The van der Waals surface area contributed by atoms with Crippen LogP contribution in [0.25, 0.3) is 0 Å². The second-order valence-electron chi connectivity index (χ2n) is 19.1. The van der Waals surface area contributed by atoms with Crippen molar-refractivity contribution >= 4 is 42.6 Å². The lowest BCUT2D eigenvalue weighted by Crippen LogP contribution is -2.51. The molecule has 12 heteroatoms. The Bertz CT molecular complexity index is 1610. The van der Waals surface area contributed by atoms with E-state index in [1.54, 1.807) is 28.8 Å². The van der Waals surface area contributed by atoms with Crippen molar-refractivity contribution in [3.63, 3.8) is 0 Å². The lowest BCUT2D eigenvalue weighted by Gasteiger charge is -2.60. The van der Waals surface area contributed by atoms with Gasteiger partial charge in [-0.1, -0.05) is 84.6 Å². The molecular formula is C48H80N8O3S. The van der Waals surface area contributed by atoms with Gasteiger partial charge in [0.05, 0.1) is 12.2 Å². The number of aliphatic imine (C=N–C) groups is 3. The summed E-state index contributed by atoms with van der Waals surface area (Å²) in [5.41, 5.74) is 25.3. The number of rotatable bonds is 23. The summed E-state index contributed by atoms with van der Waals surface area (Å²) in [5, 5.41) is 0. The van der Waals surface area contributed by atoms with E-state index in [0.717, 1.165) is 54.4 Å². The highest BCUT2D eigenvalue weighted by atomic mass is 32.1. The molecular weight excluding hydrogens is 769 g/mol. The fourth-order valence-corrected chi connectivity index (χ4v) is 11.4. The van der Waals surface area contributed by atoms with E-state index in [1.807, 2.05) is 12.1 Å². The molecule has 4 rings (SSSR count). The number of guanidine groups is 2. The van der Waals surface area contributed by atoms with E-state index in [1.165, 1.54) is 57.8 Å². The summed E-state index contributed by atoms with van der Waals surface area (Å²) in [5.74, 6) is 4.57. The summed E-state index contributed by atoms with van der Waals surface area (Å²) in [7, 11) is 0. The summed E-state index contributed by atoms with van der Waals surface area (Å²) < 4.78 is 5.87. The van der Waals surface area contributed by atoms with Crippen LogP contribution in [-0.2, 0) is 9.53 Å². The predicted octanol–water partition coefficient (Wildman–Crippen LogP) is 8.15. The Labute approximate surface area is 367 Å². The second kappa shape index (κ2) is 23.6. The van der Waals surface area contributed by atoms with Gasteiger partial charge in [-0.15, -0.1) is 0 Å². The van der Waals surface area contributed by atoms with Gasteiger partial charge in [0.15, 0.2) is 11.9 Å². The Hall–Kier alpha value is -3.54. The van der Waals surface area contributed by atoms with E-state index in [0.29, 0.717) is 62.5 Å². The molecule has 1 aromatic rings. The van der Waals surface area contributed by atoms with Crippen molar-refractivity contribution in [1.29, 1.82) is 0 Å². The number of ether oxygens (including phenoxy) is 1. The van der Waals surface area contributed by atoms with E-state index in [4.69, 9.17) is 27.7 Å². The molecule has 0 heterocycles. The quantitative estimate of drug-likeness (QED) is 0.0184. The van der Waals surface area contributed by atoms with Crippen molar-refractivity contribution in [2.75, 3.05) is 38.5 Å². The molecule has 0 saturated heterocycles. The largest absolute Gasteiger partial charge is 0.462 e. The van der Waals surface area contributed by atoms with Gasteiger partial charge in [0.1, 0.15) is 6.04 Å². The summed E-state index contributed by atoms with van der Waals surface area (Å²) in [6.07, 6.45) is 20.7. The first-order valence-corrected chi connectivity index (χ1v) is 23.7. The number of benzene rings is 1. The zero-order valence-electron chi connectivity index (χ0n) is 37.9. The van der Waals surface area contributed by atoms with Crippen LogP contribution in [0.4, 0.5) is 0 Å². The third-order valence-electron chi connectivity index (χ3n) is 14.5. The number of carbonyl (C=O) groups excluding carboxylic acids is 2. The Morgan fingerprint density at radius 2 is 1.58 bits per heavy atom. The molecule has 0 radical (unpaired) electrons. The number of nitrogens with two attached hydrogens (primary N) is 4. The number of esters is 1. The number of amides is 1. The maximum atomic E-state index is 13.5. The Morgan fingerprint density at radius 1 is 0.917 bits per heavy atom. The molecule has 1 amide bonds.